The van der Waals surface area contributed by atoms with Gasteiger partial charge in [-0.3, -0.25) is 0 Å². The lowest BCUT2D eigenvalue weighted by molar-refractivity contribution is 0.0835. The Kier molecular flexibility index (Phi) is 3.67. The molecule has 108 valence electrons. The van der Waals surface area contributed by atoms with Crippen molar-refractivity contribution in [2.75, 3.05) is 21.3 Å². The molecule has 2 aromatic carbocycles. The second kappa shape index (κ2) is 5.62. The van der Waals surface area contributed by atoms with Crippen molar-refractivity contribution in [1.29, 1.82) is 0 Å². The first kappa shape index (κ1) is 13.7. The van der Waals surface area contributed by atoms with Gasteiger partial charge in [0.25, 0.3) is 0 Å². The van der Waals surface area contributed by atoms with E-state index in [1.165, 1.54) is 0 Å². The van der Waals surface area contributed by atoms with Crippen LogP contribution in [0.15, 0.2) is 54.3 Å². The predicted molar refractivity (Wildman–Crippen MR) is 82.2 cm³/mol. The molecule has 0 heterocycles. The van der Waals surface area contributed by atoms with E-state index >= 15 is 0 Å². The quantitative estimate of drug-likeness (QED) is 0.853. The normalized spacial score (nSPS) is 16.8. The maximum absolute atomic E-state index is 5.65. The summed E-state index contributed by atoms with van der Waals surface area (Å²) in [5.41, 5.74) is 4.42. The fourth-order valence-corrected chi connectivity index (χ4v) is 2.86. The van der Waals surface area contributed by atoms with Crippen LogP contribution in [0, 0.1) is 0 Å². The third-order valence-electron chi connectivity index (χ3n) is 3.81. The molecule has 0 amide bonds. The molecule has 0 aliphatic heterocycles. The first-order chi connectivity index (χ1) is 10.3. The predicted octanol–water partition coefficient (Wildman–Crippen LogP) is 3.80. The summed E-state index contributed by atoms with van der Waals surface area (Å²) in [5.74, 6) is 1.66. The molecule has 0 saturated carbocycles. The fraction of sp³-hybridized carbons (Fsp3) is 0.222. The second-order valence-electron chi connectivity index (χ2n) is 4.88. The highest BCUT2D eigenvalue weighted by atomic mass is 16.5. The Hall–Kier alpha value is -2.26. The van der Waals surface area contributed by atoms with E-state index in [1.807, 2.05) is 30.3 Å². The molecule has 1 unspecified atom stereocenters. The van der Waals surface area contributed by atoms with E-state index in [0.717, 1.165) is 33.8 Å². The number of methoxy groups -OCH3 is 3. The monoisotopic (exact) mass is 282 g/mol. The Morgan fingerprint density at radius 2 is 1.62 bits per heavy atom. The van der Waals surface area contributed by atoms with Crippen LogP contribution in [0.1, 0.15) is 22.8 Å². The van der Waals surface area contributed by atoms with Crippen LogP contribution in [0.2, 0.25) is 0 Å². The van der Waals surface area contributed by atoms with Crippen LogP contribution in [0.4, 0.5) is 0 Å². The first-order valence-electron chi connectivity index (χ1n) is 6.84. The first-order valence-corrected chi connectivity index (χ1v) is 6.84. The lowest BCUT2D eigenvalue weighted by Gasteiger charge is -2.14. The van der Waals surface area contributed by atoms with Crippen molar-refractivity contribution in [1.82, 2.24) is 0 Å². The van der Waals surface area contributed by atoms with E-state index in [1.54, 1.807) is 21.3 Å². The van der Waals surface area contributed by atoms with Gasteiger partial charge in [0, 0.05) is 12.7 Å². The summed E-state index contributed by atoms with van der Waals surface area (Å²) in [6.45, 7) is 0. The molecule has 0 spiro atoms. The van der Waals surface area contributed by atoms with Gasteiger partial charge in [0.1, 0.15) is 17.6 Å². The van der Waals surface area contributed by atoms with Gasteiger partial charge in [-0.05, 0) is 28.8 Å². The molecular weight excluding hydrogens is 264 g/mol. The van der Waals surface area contributed by atoms with Crippen LogP contribution in [-0.2, 0) is 9.47 Å². The molecule has 2 aromatic rings. The van der Waals surface area contributed by atoms with Gasteiger partial charge in [0.2, 0.25) is 0 Å². The maximum atomic E-state index is 5.65. The Labute approximate surface area is 124 Å². The van der Waals surface area contributed by atoms with Crippen molar-refractivity contribution in [3.05, 3.63) is 71.0 Å². The molecule has 0 bridgehead atoms. The molecule has 3 heteroatoms. The van der Waals surface area contributed by atoms with E-state index in [0.29, 0.717) is 0 Å². The number of ether oxygens (including phenoxy) is 3. The largest absolute Gasteiger partial charge is 0.497 e. The molecule has 0 radical (unpaired) electrons. The van der Waals surface area contributed by atoms with Gasteiger partial charge in [-0.15, -0.1) is 0 Å². The summed E-state index contributed by atoms with van der Waals surface area (Å²) in [6.07, 6.45) is -0.199. The third kappa shape index (κ3) is 2.20. The smallest absolute Gasteiger partial charge is 0.140 e. The highest BCUT2D eigenvalue weighted by molar-refractivity contribution is 5.87. The number of hydrogen-bond acceptors (Lipinski definition) is 3. The molecule has 0 fully saturated rings. The van der Waals surface area contributed by atoms with Crippen LogP contribution >= 0.6 is 0 Å². The summed E-state index contributed by atoms with van der Waals surface area (Å²) in [6, 6.07) is 16.3. The van der Waals surface area contributed by atoms with E-state index in [-0.39, 0.29) is 6.10 Å². The van der Waals surface area contributed by atoms with Crippen LogP contribution in [0.3, 0.4) is 0 Å². The van der Waals surface area contributed by atoms with Crippen molar-refractivity contribution < 1.29 is 14.2 Å². The zero-order chi connectivity index (χ0) is 14.8. The van der Waals surface area contributed by atoms with Gasteiger partial charge in [-0.25, -0.2) is 0 Å². The topological polar surface area (TPSA) is 27.7 Å². The summed E-state index contributed by atoms with van der Waals surface area (Å²) in [7, 11) is 5.05. The Bertz CT molecular complexity index is 674. The fourth-order valence-electron chi connectivity index (χ4n) is 2.86. The van der Waals surface area contributed by atoms with Crippen molar-refractivity contribution in [3.8, 4) is 5.75 Å². The second-order valence-corrected chi connectivity index (χ2v) is 4.88. The van der Waals surface area contributed by atoms with Crippen molar-refractivity contribution in [2.24, 2.45) is 0 Å². The number of benzene rings is 2. The zero-order valence-corrected chi connectivity index (χ0v) is 12.4. The summed E-state index contributed by atoms with van der Waals surface area (Å²) < 4.78 is 16.6. The third-order valence-corrected chi connectivity index (χ3v) is 3.81. The SMILES string of the molecule is COC1=C(c2ccccc2)c2ccc(OC)cc2C1OC. The standard InChI is InChI=1S/C18H18O3/c1-19-13-9-10-14-15(11-13)17(20-2)18(21-3)16(14)12-7-5-4-6-8-12/h4-11,17H,1-3H3. The Morgan fingerprint density at radius 1 is 0.857 bits per heavy atom. The number of hydrogen-bond donors (Lipinski definition) is 0. The lowest BCUT2D eigenvalue weighted by Crippen LogP contribution is -2.03. The molecule has 0 aromatic heterocycles. The summed E-state index contributed by atoms with van der Waals surface area (Å²) in [4.78, 5) is 0. The van der Waals surface area contributed by atoms with Crippen LogP contribution < -0.4 is 4.74 Å². The van der Waals surface area contributed by atoms with Gasteiger partial charge in [-0.2, -0.15) is 0 Å². The number of fused-ring (bicyclic) bond motifs is 1. The average molecular weight is 282 g/mol. The van der Waals surface area contributed by atoms with Crippen molar-refractivity contribution >= 4 is 5.57 Å². The van der Waals surface area contributed by atoms with Crippen molar-refractivity contribution in [2.45, 2.75) is 6.10 Å². The summed E-state index contributed by atoms with van der Waals surface area (Å²) in [5, 5.41) is 0. The highest BCUT2D eigenvalue weighted by Crippen LogP contribution is 2.46. The molecule has 0 N–H and O–H groups in total. The molecule has 0 saturated heterocycles. The molecule has 1 atom stereocenters. The van der Waals surface area contributed by atoms with Gasteiger partial charge in [0.05, 0.1) is 14.2 Å². The minimum absolute atomic E-state index is 0.199. The minimum atomic E-state index is -0.199. The molecule has 3 rings (SSSR count). The van der Waals surface area contributed by atoms with Gasteiger partial charge >= 0.3 is 0 Å². The van der Waals surface area contributed by atoms with Gasteiger partial charge < -0.3 is 14.2 Å². The average Bonchev–Trinajstić information content (AvgIpc) is 2.87. The molecular formula is C18H18O3. The molecule has 21 heavy (non-hydrogen) atoms. The van der Waals surface area contributed by atoms with E-state index in [9.17, 15) is 0 Å². The number of rotatable bonds is 4. The van der Waals surface area contributed by atoms with E-state index in [4.69, 9.17) is 14.2 Å². The van der Waals surface area contributed by atoms with Crippen molar-refractivity contribution in [3.63, 3.8) is 0 Å². The Morgan fingerprint density at radius 3 is 2.24 bits per heavy atom. The van der Waals surface area contributed by atoms with Gasteiger partial charge in [0.15, 0.2) is 0 Å². The molecule has 1 aliphatic rings. The lowest BCUT2D eigenvalue weighted by atomic mass is 9.99. The van der Waals surface area contributed by atoms with Gasteiger partial charge in [-0.1, -0.05) is 36.4 Å². The maximum Gasteiger partial charge on any atom is 0.140 e. The highest BCUT2D eigenvalue weighted by Gasteiger charge is 2.33. The van der Waals surface area contributed by atoms with E-state index < -0.39 is 0 Å². The summed E-state index contributed by atoms with van der Waals surface area (Å²) >= 11 is 0. The van der Waals surface area contributed by atoms with Crippen LogP contribution in [0.25, 0.3) is 5.57 Å². The molecule has 3 nitrogen and oxygen atoms in total. The van der Waals surface area contributed by atoms with Crippen LogP contribution in [0.5, 0.6) is 5.75 Å². The zero-order valence-electron chi connectivity index (χ0n) is 12.4. The molecule has 1 aliphatic carbocycles. The van der Waals surface area contributed by atoms with E-state index in [2.05, 4.69) is 18.2 Å². The minimum Gasteiger partial charge on any atom is -0.497 e. The van der Waals surface area contributed by atoms with Crippen LogP contribution in [-0.4, -0.2) is 21.3 Å². The Balaban J connectivity index is 2.21.